The maximum atomic E-state index is 12.3. The Morgan fingerprint density at radius 1 is 0.941 bits per heavy atom. The number of ether oxygens (including phenoxy) is 2. The van der Waals surface area contributed by atoms with Crippen LogP contribution in [0, 0.1) is 0 Å². The molecule has 1 N–H and O–H groups in total. The van der Waals surface area contributed by atoms with Crippen LogP contribution in [0.3, 0.4) is 0 Å². The van der Waals surface area contributed by atoms with Gasteiger partial charge in [0.15, 0.2) is 11.6 Å². The lowest BCUT2D eigenvalue weighted by molar-refractivity contribution is -0.121. The molecule has 170 valence electrons. The Labute approximate surface area is 197 Å². The third-order valence-corrected chi connectivity index (χ3v) is 5.20. The van der Waals surface area contributed by atoms with Gasteiger partial charge in [0.1, 0.15) is 18.1 Å². The number of hydrogen-bond donors (Lipinski definition) is 1. The fourth-order valence-corrected chi connectivity index (χ4v) is 3.40. The summed E-state index contributed by atoms with van der Waals surface area (Å²) in [5.74, 6) is 0.680. The molecule has 0 aliphatic heterocycles. The second-order valence-corrected chi connectivity index (χ2v) is 7.65. The number of H-pyrrole nitrogens is 1. The normalized spacial score (nSPS) is 11.3. The highest BCUT2D eigenvalue weighted by atomic mass is 16.5. The van der Waals surface area contributed by atoms with E-state index in [0.29, 0.717) is 23.7 Å². The molecule has 0 amide bonds. The number of pyridine rings is 1. The topological polar surface area (TPSA) is 81.3 Å². The molecule has 0 unspecified atom stereocenters. The van der Waals surface area contributed by atoms with E-state index in [1.54, 1.807) is 37.7 Å². The zero-order valence-electron chi connectivity index (χ0n) is 18.7. The van der Waals surface area contributed by atoms with Crippen LogP contribution < -0.4 is 9.47 Å². The van der Waals surface area contributed by atoms with Gasteiger partial charge in [0.2, 0.25) is 0 Å². The second-order valence-electron chi connectivity index (χ2n) is 7.65. The van der Waals surface area contributed by atoms with Crippen molar-refractivity contribution in [2.75, 3.05) is 7.11 Å². The number of aromatic amines is 1. The molecule has 2 aromatic carbocycles. The summed E-state index contributed by atoms with van der Waals surface area (Å²) in [6, 6.07) is 17.0. The van der Waals surface area contributed by atoms with E-state index < -0.39 is 0 Å². The van der Waals surface area contributed by atoms with Gasteiger partial charge in [-0.25, -0.2) is 0 Å². The number of benzene rings is 2. The van der Waals surface area contributed by atoms with E-state index in [4.69, 9.17) is 9.47 Å². The zero-order chi connectivity index (χ0) is 23.8. The lowest BCUT2D eigenvalue weighted by Crippen LogP contribution is -2.02. The first-order valence-electron chi connectivity index (χ1n) is 10.8. The van der Waals surface area contributed by atoms with E-state index in [0.717, 1.165) is 22.0 Å². The molecule has 0 atom stereocenters. The molecule has 6 heteroatoms. The van der Waals surface area contributed by atoms with E-state index in [-0.39, 0.29) is 18.0 Å². The summed E-state index contributed by atoms with van der Waals surface area (Å²) in [4.78, 5) is 31.6. The van der Waals surface area contributed by atoms with Crippen molar-refractivity contribution in [2.45, 2.75) is 13.0 Å². The minimum absolute atomic E-state index is 0.201. The summed E-state index contributed by atoms with van der Waals surface area (Å²) in [6.45, 7) is 0.411. The standard InChI is InChI=1S/C28H24N2O4/c1-33-28-18-26(34-19-21-10-13-29-14-11-21)9-6-23(28)5-8-25(32)17-24(31)7-3-20-2-4-22-12-15-30-27(22)16-20/h2-16,18,30H,17,19H2,1H3/b7-3+,8-5+. The van der Waals surface area contributed by atoms with Gasteiger partial charge in [-0.3, -0.25) is 14.6 Å². The van der Waals surface area contributed by atoms with Gasteiger partial charge in [-0.1, -0.05) is 18.2 Å². The number of carbonyl (C=O) groups excluding carboxylic acids is 2. The van der Waals surface area contributed by atoms with E-state index in [1.165, 1.54) is 12.2 Å². The van der Waals surface area contributed by atoms with Gasteiger partial charge in [0.05, 0.1) is 13.5 Å². The van der Waals surface area contributed by atoms with Crippen molar-refractivity contribution in [3.8, 4) is 11.5 Å². The van der Waals surface area contributed by atoms with Crippen molar-refractivity contribution >= 4 is 34.6 Å². The fourth-order valence-electron chi connectivity index (χ4n) is 3.40. The Kier molecular flexibility index (Phi) is 7.30. The molecule has 0 saturated carbocycles. The molecule has 6 nitrogen and oxygen atoms in total. The van der Waals surface area contributed by atoms with Gasteiger partial charge in [0.25, 0.3) is 0 Å². The summed E-state index contributed by atoms with van der Waals surface area (Å²) in [6.07, 6.45) is 11.3. The van der Waals surface area contributed by atoms with Gasteiger partial charge in [-0.2, -0.15) is 0 Å². The third kappa shape index (κ3) is 6.07. The van der Waals surface area contributed by atoms with Crippen LogP contribution in [-0.4, -0.2) is 28.6 Å². The quantitative estimate of drug-likeness (QED) is 0.257. The van der Waals surface area contributed by atoms with Crippen LogP contribution in [0.15, 0.2) is 85.3 Å². The van der Waals surface area contributed by atoms with E-state index in [1.807, 2.05) is 54.7 Å². The van der Waals surface area contributed by atoms with Crippen LogP contribution >= 0.6 is 0 Å². The SMILES string of the molecule is COc1cc(OCc2ccncc2)ccc1/C=C/C(=O)CC(=O)/C=C/c1ccc2cc[nH]c2c1. The van der Waals surface area contributed by atoms with Gasteiger partial charge in [0, 0.05) is 35.7 Å². The Morgan fingerprint density at radius 2 is 1.74 bits per heavy atom. The third-order valence-electron chi connectivity index (χ3n) is 5.20. The number of nitrogens with zero attached hydrogens (tertiary/aromatic N) is 1. The van der Waals surface area contributed by atoms with Gasteiger partial charge >= 0.3 is 0 Å². The van der Waals surface area contributed by atoms with Crippen molar-refractivity contribution in [1.29, 1.82) is 0 Å². The van der Waals surface area contributed by atoms with Crippen LogP contribution in [0.25, 0.3) is 23.1 Å². The first kappa shape index (κ1) is 22.7. The molecular formula is C28H24N2O4. The van der Waals surface area contributed by atoms with Crippen molar-refractivity contribution < 1.29 is 19.1 Å². The Balaban J connectivity index is 1.33. The average Bonchev–Trinajstić information content (AvgIpc) is 3.34. The lowest BCUT2D eigenvalue weighted by Gasteiger charge is -2.10. The average molecular weight is 453 g/mol. The number of fused-ring (bicyclic) bond motifs is 1. The van der Waals surface area contributed by atoms with Crippen LogP contribution in [0.1, 0.15) is 23.1 Å². The largest absolute Gasteiger partial charge is 0.496 e. The summed E-state index contributed by atoms with van der Waals surface area (Å²) in [7, 11) is 1.56. The minimum atomic E-state index is -0.283. The van der Waals surface area contributed by atoms with E-state index >= 15 is 0 Å². The smallest absolute Gasteiger partial charge is 0.163 e. The van der Waals surface area contributed by atoms with Crippen molar-refractivity contribution in [3.05, 3.63) is 102 Å². The Hall–Kier alpha value is -4.45. The summed E-state index contributed by atoms with van der Waals surface area (Å²) in [5.41, 5.74) is 3.61. The van der Waals surface area contributed by atoms with Crippen LogP contribution in [0.2, 0.25) is 0 Å². The number of methoxy groups -OCH3 is 1. The second kappa shape index (κ2) is 10.9. The molecule has 4 aromatic rings. The first-order chi connectivity index (χ1) is 16.6. The molecule has 34 heavy (non-hydrogen) atoms. The number of hydrogen-bond acceptors (Lipinski definition) is 5. The molecule has 4 rings (SSSR count). The summed E-state index contributed by atoms with van der Waals surface area (Å²) in [5, 5.41) is 1.10. The van der Waals surface area contributed by atoms with Crippen molar-refractivity contribution in [2.24, 2.45) is 0 Å². The monoisotopic (exact) mass is 452 g/mol. The maximum Gasteiger partial charge on any atom is 0.163 e. The molecule has 0 aliphatic rings. The predicted molar refractivity (Wildman–Crippen MR) is 133 cm³/mol. The van der Waals surface area contributed by atoms with E-state index in [9.17, 15) is 9.59 Å². The zero-order valence-corrected chi connectivity index (χ0v) is 18.7. The lowest BCUT2D eigenvalue weighted by atomic mass is 10.1. The summed E-state index contributed by atoms with van der Waals surface area (Å²) >= 11 is 0. The van der Waals surface area contributed by atoms with Crippen LogP contribution in [-0.2, 0) is 16.2 Å². The van der Waals surface area contributed by atoms with Gasteiger partial charge in [-0.15, -0.1) is 0 Å². The maximum absolute atomic E-state index is 12.3. The highest BCUT2D eigenvalue weighted by molar-refractivity contribution is 6.11. The number of rotatable bonds is 10. The Morgan fingerprint density at radius 3 is 2.53 bits per heavy atom. The van der Waals surface area contributed by atoms with E-state index in [2.05, 4.69) is 9.97 Å². The minimum Gasteiger partial charge on any atom is -0.496 e. The number of ketones is 2. The molecule has 2 aromatic heterocycles. The highest BCUT2D eigenvalue weighted by Crippen LogP contribution is 2.26. The molecule has 0 radical (unpaired) electrons. The fraction of sp³-hybridized carbons (Fsp3) is 0.107. The number of nitrogens with one attached hydrogen (secondary N) is 1. The molecule has 0 saturated heterocycles. The molecule has 0 fully saturated rings. The first-order valence-corrected chi connectivity index (χ1v) is 10.8. The summed E-state index contributed by atoms with van der Waals surface area (Å²) < 4.78 is 11.2. The molecule has 2 heterocycles. The highest BCUT2D eigenvalue weighted by Gasteiger charge is 2.07. The molecular weight excluding hydrogens is 428 g/mol. The van der Waals surface area contributed by atoms with Crippen molar-refractivity contribution in [3.63, 3.8) is 0 Å². The Bertz CT molecular complexity index is 1350. The molecule has 0 aliphatic carbocycles. The number of allylic oxidation sites excluding steroid dienone is 2. The van der Waals surface area contributed by atoms with Crippen LogP contribution in [0.5, 0.6) is 11.5 Å². The van der Waals surface area contributed by atoms with Gasteiger partial charge < -0.3 is 14.5 Å². The van der Waals surface area contributed by atoms with Gasteiger partial charge in [-0.05, 0) is 71.1 Å². The predicted octanol–water partition coefficient (Wildman–Crippen LogP) is 5.41. The molecule has 0 spiro atoms. The van der Waals surface area contributed by atoms with Crippen LogP contribution in [0.4, 0.5) is 0 Å². The van der Waals surface area contributed by atoms with Crippen molar-refractivity contribution in [1.82, 2.24) is 9.97 Å². The number of aromatic nitrogens is 2. The molecule has 0 bridgehead atoms. The number of carbonyl (C=O) groups is 2.